The van der Waals surface area contributed by atoms with Gasteiger partial charge in [0, 0.05) is 69.6 Å². The number of carbonyl (C=O) groups is 2. The molecular formula is C41H59N7O2. The van der Waals surface area contributed by atoms with Crippen LogP contribution in [0, 0.1) is 13.8 Å². The van der Waals surface area contributed by atoms with Gasteiger partial charge in [-0.3, -0.25) is 14.5 Å². The van der Waals surface area contributed by atoms with E-state index in [1.807, 2.05) is 37.7 Å². The number of anilines is 1. The fourth-order valence-corrected chi connectivity index (χ4v) is 7.81. The van der Waals surface area contributed by atoms with E-state index in [1.54, 1.807) is 0 Å². The molecule has 3 heterocycles. The Bertz CT molecular complexity index is 1550. The molecule has 50 heavy (non-hydrogen) atoms. The van der Waals surface area contributed by atoms with Gasteiger partial charge in [-0.25, -0.2) is 9.97 Å². The Labute approximate surface area is 300 Å². The zero-order valence-electron chi connectivity index (χ0n) is 31.8. The summed E-state index contributed by atoms with van der Waals surface area (Å²) in [5.41, 5.74) is 5.17. The third-order valence-electron chi connectivity index (χ3n) is 11.4. The van der Waals surface area contributed by atoms with Crippen LogP contribution in [-0.2, 0) is 16.8 Å². The number of likely N-dealkylation sites (N-methyl/N-ethyl adjacent to an activating group) is 2. The normalized spacial score (nSPS) is 17.2. The number of carbonyl (C=O) groups excluding carboxylic acids is 2. The number of aryl methyl sites for hydroxylation is 2. The van der Waals surface area contributed by atoms with Crippen LogP contribution in [0.15, 0.2) is 60.9 Å². The quantitative estimate of drug-likeness (QED) is 0.234. The second kappa shape index (κ2) is 16.0. The van der Waals surface area contributed by atoms with E-state index in [1.165, 1.54) is 17.6 Å². The third kappa shape index (κ3) is 8.37. The maximum absolute atomic E-state index is 13.7. The second-order valence-electron chi connectivity index (χ2n) is 15.4. The van der Waals surface area contributed by atoms with Crippen LogP contribution in [0.2, 0.25) is 0 Å². The Kier molecular flexibility index (Phi) is 12.0. The summed E-state index contributed by atoms with van der Waals surface area (Å²) in [5, 5.41) is 0. The van der Waals surface area contributed by atoms with E-state index in [4.69, 9.17) is 0 Å². The number of aromatic nitrogens is 2. The molecule has 3 aromatic rings. The minimum Gasteiger partial charge on any atom is -0.364 e. The van der Waals surface area contributed by atoms with Crippen LogP contribution in [0.5, 0.6) is 0 Å². The van der Waals surface area contributed by atoms with E-state index in [2.05, 4.69) is 107 Å². The lowest BCUT2D eigenvalue weighted by Gasteiger charge is -2.50. The van der Waals surface area contributed by atoms with Crippen molar-refractivity contribution >= 4 is 17.5 Å². The number of benzene rings is 2. The molecule has 0 radical (unpaired) electrons. The molecule has 0 bridgehead atoms. The van der Waals surface area contributed by atoms with Crippen molar-refractivity contribution in [2.24, 2.45) is 0 Å². The van der Waals surface area contributed by atoms with Gasteiger partial charge in [-0.05, 0) is 105 Å². The van der Waals surface area contributed by atoms with Crippen LogP contribution in [0.1, 0.15) is 86.3 Å². The highest BCUT2D eigenvalue weighted by molar-refractivity contribution is 5.96. The van der Waals surface area contributed by atoms with Crippen molar-refractivity contribution in [3.63, 3.8) is 0 Å². The van der Waals surface area contributed by atoms with Crippen molar-refractivity contribution in [1.82, 2.24) is 29.6 Å². The van der Waals surface area contributed by atoms with Crippen LogP contribution in [-0.4, -0.2) is 113 Å². The van der Waals surface area contributed by atoms with Gasteiger partial charge < -0.3 is 19.6 Å². The van der Waals surface area contributed by atoms with Crippen LogP contribution >= 0.6 is 0 Å². The maximum atomic E-state index is 13.7. The van der Waals surface area contributed by atoms with E-state index in [9.17, 15) is 9.59 Å². The smallest absolute Gasteiger partial charge is 0.257 e. The largest absolute Gasteiger partial charge is 0.364 e. The number of piperidine rings is 2. The molecule has 2 amide bonds. The van der Waals surface area contributed by atoms with Gasteiger partial charge >= 0.3 is 0 Å². The standard InChI is InChI=1S/C41H59N7O2/c1-9-45(28-27-44(7)8)39(50)40(4,5)34-15-17-35(18-16-34)48(29-33-13-11-10-12-14-33)36-19-23-47(24-20-36)41(6)21-25-46(26-22-41)38(49)37-31(2)42-30-43-32(37)3/h10-18,30,36H,9,19-29H2,1-8H3. The molecule has 9 heteroatoms. The zero-order chi connectivity index (χ0) is 36.1. The SMILES string of the molecule is CCN(CCN(C)C)C(=O)C(C)(C)c1ccc(N(Cc2ccccc2)C2CCN(C3(C)CCN(C(=O)c4c(C)ncnc4C)CC3)CC2)cc1. The highest BCUT2D eigenvalue weighted by Gasteiger charge is 2.40. The summed E-state index contributed by atoms with van der Waals surface area (Å²) in [4.78, 5) is 47.1. The van der Waals surface area contributed by atoms with Gasteiger partial charge in [0.2, 0.25) is 5.91 Å². The zero-order valence-corrected chi connectivity index (χ0v) is 31.8. The van der Waals surface area contributed by atoms with Gasteiger partial charge in [-0.1, -0.05) is 42.5 Å². The topological polar surface area (TPSA) is 76.1 Å². The summed E-state index contributed by atoms with van der Waals surface area (Å²) in [6, 6.07) is 19.9. The molecule has 9 nitrogen and oxygen atoms in total. The van der Waals surface area contributed by atoms with Gasteiger partial charge in [0.1, 0.15) is 6.33 Å². The number of rotatable bonds is 12. The molecule has 0 spiro atoms. The lowest BCUT2D eigenvalue weighted by Crippen LogP contribution is -2.58. The summed E-state index contributed by atoms with van der Waals surface area (Å²) >= 11 is 0. The van der Waals surface area contributed by atoms with Crippen LogP contribution in [0.4, 0.5) is 5.69 Å². The van der Waals surface area contributed by atoms with Crippen molar-refractivity contribution in [3.8, 4) is 0 Å². The van der Waals surface area contributed by atoms with Gasteiger partial charge in [-0.15, -0.1) is 0 Å². The minimum atomic E-state index is -0.612. The molecule has 0 unspecified atom stereocenters. The summed E-state index contributed by atoms with van der Waals surface area (Å²) in [7, 11) is 4.09. The van der Waals surface area contributed by atoms with Crippen molar-refractivity contribution in [2.45, 2.75) is 90.8 Å². The Morgan fingerprint density at radius 3 is 2.04 bits per heavy atom. The lowest BCUT2D eigenvalue weighted by atomic mass is 9.82. The van der Waals surface area contributed by atoms with Gasteiger partial charge in [-0.2, -0.15) is 0 Å². The molecular weight excluding hydrogens is 622 g/mol. The number of likely N-dealkylation sites (tertiary alicyclic amines) is 2. The van der Waals surface area contributed by atoms with Crippen molar-refractivity contribution in [3.05, 3.63) is 89.0 Å². The summed E-state index contributed by atoms with van der Waals surface area (Å²) in [5.74, 6) is 0.231. The molecule has 2 saturated heterocycles. The van der Waals surface area contributed by atoms with Crippen molar-refractivity contribution in [1.29, 1.82) is 0 Å². The molecule has 2 aromatic carbocycles. The molecule has 2 fully saturated rings. The molecule has 1 aromatic heterocycles. The molecule has 0 saturated carbocycles. The fourth-order valence-electron chi connectivity index (χ4n) is 7.81. The maximum Gasteiger partial charge on any atom is 0.257 e. The molecule has 270 valence electrons. The summed E-state index contributed by atoms with van der Waals surface area (Å²) < 4.78 is 0. The van der Waals surface area contributed by atoms with E-state index in [-0.39, 0.29) is 17.4 Å². The highest BCUT2D eigenvalue weighted by Crippen LogP contribution is 2.35. The minimum absolute atomic E-state index is 0.0590. The van der Waals surface area contributed by atoms with E-state index in [0.29, 0.717) is 18.2 Å². The Balaban J connectivity index is 1.26. The van der Waals surface area contributed by atoms with E-state index < -0.39 is 5.41 Å². The molecule has 2 aliphatic rings. The Morgan fingerprint density at radius 1 is 0.880 bits per heavy atom. The summed E-state index contributed by atoms with van der Waals surface area (Å²) in [6.45, 7) is 19.0. The Hall–Kier alpha value is -3.82. The van der Waals surface area contributed by atoms with Crippen LogP contribution < -0.4 is 4.90 Å². The number of hydrogen-bond acceptors (Lipinski definition) is 7. The summed E-state index contributed by atoms with van der Waals surface area (Å²) in [6.07, 6.45) is 5.61. The van der Waals surface area contributed by atoms with Gasteiger partial charge in [0.05, 0.1) is 22.4 Å². The second-order valence-corrected chi connectivity index (χ2v) is 15.4. The van der Waals surface area contributed by atoms with Crippen molar-refractivity contribution in [2.75, 3.05) is 64.8 Å². The van der Waals surface area contributed by atoms with Crippen LogP contribution in [0.25, 0.3) is 0 Å². The molecule has 5 rings (SSSR count). The van der Waals surface area contributed by atoms with Gasteiger partial charge in [0.15, 0.2) is 0 Å². The molecule has 0 atom stereocenters. The predicted molar refractivity (Wildman–Crippen MR) is 203 cm³/mol. The molecule has 0 aliphatic carbocycles. The first-order valence-electron chi connectivity index (χ1n) is 18.5. The third-order valence-corrected chi connectivity index (χ3v) is 11.4. The van der Waals surface area contributed by atoms with E-state index >= 15 is 0 Å². The lowest BCUT2D eigenvalue weighted by molar-refractivity contribution is -0.136. The van der Waals surface area contributed by atoms with Gasteiger partial charge in [0.25, 0.3) is 5.91 Å². The van der Waals surface area contributed by atoms with E-state index in [0.717, 1.165) is 88.4 Å². The van der Waals surface area contributed by atoms with Crippen LogP contribution in [0.3, 0.4) is 0 Å². The average molecular weight is 682 g/mol. The molecule has 0 N–H and O–H groups in total. The Morgan fingerprint density at radius 2 is 1.48 bits per heavy atom. The average Bonchev–Trinajstić information content (AvgIpc) is 3.11. The predicted octanol–water partition coefficient (Wildman–Crippen LogP) is 5.95. The number of amides is 2. The molecule has 2 aliphatic heterocycles. The first-order chi connectivity index (χ1) is 23.8. The first-order valence-corrected chi connectivity index (χ1v) is 18.5. The fraction of sp³-hybridized carbons (Fsp3) is 0.561. The first kappa shape index (κ1) is 37.4. The highest BCUT2D eigenvalue weighted by atomic mass is 16.2. The monoisotopic (exact) mass is 681 g/mol. The van der Waals surface area contributed by atoms with Crippen molar-refractivity contribution < 1.29 is 9.59 Å². The number of nitrogens with zero attached hydrogens (tertiary/aromatic N) is 7. The number of hydrogen-bond donors (Lipinski definition) is 0.